The fraction of sp³-hybridized carbons (Fsp3) is 0.458. The number of piperidine rings is 1. The standard InChI is InChI=1S/C24H31F2N5O2/c1-15-18(7-9-22(27)29-15)14-28-24(33)21(13-17-6-8-19(25)20(26)12-17)30-23(32)16(2)31-10-4-3-5-11-31/h6-9,12,16,21H,3-5,10-11,13-14H2,1-2H3,(H2,27,29)(H,28,33)(H,30,32)/t16?,21-/m0/s1. The van der Waals surface area contributed by atoms with Gasteiger partial charge in [-0.1, -0.05) is 18.6 Å². The molecule has 0 saturated carbocycles. The van der Waals surface area contributed by atoms with Crippen molar-refractivity contribution < 1.29 is 18.4 Å². The summed E-state index contributed by atoms with van der Waals surface area (Å²) >= 11 is 0. The van der Waals surface area contributed by atoms with Crippen LogP contribution >= 0.6 is 0 Å². The van der Waals surface area contributed by atoms with Crippen molar-refractivity contribution in [1.29, 1.82) is 0 Å². The number of carbonyl (C=O) groups is 2. The van der Waals surface area contributed by atoms with Crippen LogP contribution < -0.4 is 16.4 Å². The molecule has 1 aromatic carbocycles. The summed E-state index contributed by atoms with van der Waals surface area (Å²) in [7, 11) is 0. The predicted octanol–water partition coefficient (Wildman–Crippen LogP) is 2.47. The molecule has 1 aromatic heterocycles. The number of pyridine rings is 1. The van der Waals surface area contributed by atoms with Gasteiger partial charge < -0.3 is 16.4 Å². The maximum Gasteiger partial charge on any atom is 0.243 e. The number of hydrogen-bond donors (Lipinski definition) is 3. The largest absolute Gasteiger partial charge is 0.384 e. The first-order valence-corrected chi connectivity index (χ1v) is 11.2. The van der Waals surface area contributed by atoms with Crippen molar-refractivity contribution in [3.63, 3.8) is 0 Å². The van der Waals surface area contributed by atoms with Crippen LogP contribution in [0.4, 0.5) is 14.6 Å². The zero-order valence-corrected chi connectivity index (χ0v) is 19.0. The summed E-state index contributed by atoms with van der Waals surface area (Å²) in [6.45, 7) is 5.47. The number of amides is 2. The summed E-state index contributed by atoms with van der Waals surface area (Å²) in [5.74, 6) is -2.27. The van der Waals surface area contributed by atoms with E-state index in [-0.39, 0.29) is 18.9 Å². The van der Waals surface area contributed by atoms with Gasteiger partial charge in [0, 0.05) is 18.7 Å². The van der Waals surface area contributed by atoms with Crippen LogP contribution in [-0.4, -0.2) is 46.9 Å². The number of carbonyl (C=O) groups excluding carboxylic acids is 2. The maximum absolute atomic E-state index is 13.7. The molecule has 1 aliphatic rings. The zero-order valence-electron chi connectivity index (χ0n) is 19.0. The molecule has 7 nitrogen and oxygen atoms in total. The quantitative estimate of drug-likeness (QED) is 0.563. The van der Waals surface area contributed by atoms with E-state index in [9.17, 15) is 18.4 Å². The van der Waals surface area contributed by atoms with Crippen LogP contribution in [0, 0.1) is 18.6 Å². The predicted molar refractivity (Wildman–Crippen MR) is 122 cm³/mol. The number of nitrogen functional groups attached to an aromatic ring is 1. The maximum atomic E-state index is 13.7. The lowest BCUT2D eigenvalue weighted by atomic mass is 10.0. The molecule has 2 aromatic rings. The van der Waals surface area contributed by atoms with Crippen molar-refractivity contribution in [2.24, 2.45) is 0 Å². The number of aromatic nitrogens is 1. The Hall–Kier alpha value is -3.07. The summed E-state index contributed by atoms with van der Waals surface area (Å²) in [4.78, 5) is 32.2. The molecule has 0 bridgehead atoms. The van der Waals surface area contributed by atoms with Crippen LogP contribution in [0.3, 0.4) is 0 Å². The van der Waals surface area contributed by atoms with Gasteiger partial charge in [-0.05, 0) is 69.1 Å². The summed E-state index contributed by atoms with van der Waals surface area (Å²) in [5.41, 5.74) is 7.56. The number of rotatable bonds is 8. The Morgan fingerprint density at radius 2 is 1.82 bits per heavy atom. The number of anilines is 1. The smallest absolute Gasteiger partial charge is 0.243 e. The number of nitrogens with one attached hydrogen (secondary N) is 2. The molecular formula is C24H31F2N5O2. The molecule has 2 atom stereocenters. The number of hydrogen-bond acceptors (Lipinski definition) is 5. The van der Waals surface area contributed by atoms with Gasteiger partial charge in [-0.2, -0.15) is 0 Å². The lowest BCUT2D eigenvalue weighted by molar-refractivity contribution is -0.132. The zero-order chi connectivity index (χ0) is 24.0. The van der Waals surface area contributed by atoms with E-state index in [1.165, 1.54) is 6.07 Å². The molecule has 1 aliphatic heterocycles. The molecule has 4 N–H and O–H groups in total. The van der Waals surface area contributed by atoms with Crippen molar-refractivity contribution in [2.75, 3.05) is 18.8 Å². The van der Waals surface area contributed by atoms with Crippen LogP contribution in [0.1, 0.15) is 43.0 Å². The van der Waals surface area contributed by atoms with E-state index in [4.69, 9.17) is 5.73 Å². The van der Waals surface area contributed by atoms with Crippen molar-refractivity contribution >= 4 is 17.6 Å². The second-order valence-corrected chi connectivity index (χ2v) is 8.48. The van der Waals surface area contributed by atoms with Gasteiger partial charge in [0.15, 0.2) is 11.6 Å². The van der Waals surface area contributed by atoms with E-state index in [0.717, 1.165) is 50.0 Å². The highest BCUT2D eigenvalue weighted by Crippen LogP contribution is 2.14. The topological polar surface area (TPSA) is 100 Å². The summed E-state index contributed by atoms with van der Waals surface area (Å²) in [6, 6.07) is 5.55. The van der Waals surface area contributed by atoms with Crippen LogP contribution in [-0.2, 0) is 22.6 Å². The van der Waals surface area contributed by atoms with Crippen LogP contribution in [0.2, 0.25) is 0 Å². The van der Waals surface area contributed by atoms with E-state index in [1.807, 2.05) is 6.92 Å². The third kappa shape index (κ3) is 6.71. The fourth-order valence-electron chi connectivity index (χ4n) is 3.98. The molecule has 3 rings (SSSR count). The van der Waals surface area contributed by atoms with Gasteiger partial charge in [-0.25, -0.2) is 13.8 Å². The number of likely N-dealkylation sites (tertiary alicyclic amines) is 1. The fourth-order valence-corrected chi connectivity index (χ4v) is 3.98. The minimum atomic E-state index is -0.997. The van der Waals surface area contributed by atoms with Crippen LogP contribution in [0.15, 0.2) is 30.3 Å². The molecule has 33 heavy (non-hydrogen) atoms. The molecule has 0 aliphatic carbocycles. The highest BCUT2D eigenvalue weighted by atomic mass is 19.2. The van der Waals surface area contributed by atoms with Gasteiger partial charge in [-0.15, -0.1) is 0 Å². The van der Waals surface area contributed by atoms with E-state index >= 15 is 0 Å². The normalized spacial score (nSPS) is 16.1. The Kier molecular flexibility index (Phi) is 8.32. The molecule has 178 valence electrons. The van der Waals surface area contributed by atoms with E-state index in [1.54, 1.807) is 19.1 Å². The molecule has 9 heteroatoms. The van der Waals surface area contributed by atoms with Crippen molar-refractivity contribution in [3.8, 4) is 0 Å². The van der Waals surface area contributed by atoms with Gasteiger partial charge >= 0.3 is 0 Å². The van der Waals surface area contributed by atoms with Gasteiger partial charge in [0.1, 0.15) is 11.9 Å². The second kappa shape index (κ2) is 11.2. The molecule has 1 saturated heterocycles. The van der Waals surface area contributed by atoms with Crippen molar-refractivity contribution in [2.45, 2.75) is 58.2 Å². The van der Waals surface area contributed by atoms with Gasteiger partial charge in [0.25, 0.3) is 0 Å². The third-order valence-corrected chi connectivity index (χ3v) is 6.04. The molecule has 0 radical (unpaired) electrons. The summed E-state index contributed by atoms with van der Waals surface area (Å²) in [5, 5.41) is 5.63. The lowest BCUT2D eigenvalue weighted by Crippen LogP contribution is -2.54. The summed E-state index contributed by atoms with van der Waals surface area (Å²) in [6.07, 6.45) is 3.24. The number of nitrogens with zero attached hydrogens (tertiary/aromatic N) is 2. The van der Waals surface area contributed by atoms with E-state index in [0.29, 0.717) is 17.1 Å². The highest BCUT2D eigenvalue weighted by Gasteiger charge is 2.28. The van der Waals surface area contributed by atoms with Gasteiger partial charge in [-0.3, -0.25) is 14.5 Å². The van der Waals surface area contributed by atoms with Gasteiger partial charge in [0.05, 0.1) is 6.04 Å². The first kappa shape index (κ1) is 24.6. The minimum absolute atomic E-state index is 0.0282. The lowest BCUT2D eigenvalue weighted by Gasteiger charge is -2.32. The Morgan fingerprint density at radius 3 is 2.48 bits per heavy atom. The van der Waals surface area contributed by atoms with Crippen LogP contribution in [0.25, 0.3) is 0 Å². The first-order chi connectivity index (χ1) is 15.7. The number of aryl methyl sites for hydroxylation is 1. The molecule has 2 amide bonds. The molecule has 2 heterocycles. The first-order valence-electron chi connectivity index (χ1n) is 11.2. The van der Waals surface area contributed by atoms with E-state index in [2.05, 4.69) is 20.5 Å². The average Bonchev–Trinajstić information content (AvgIpc) is 2.80. The Labute approximate surface area is 192 Å². The Bertz CT molecular complexity index is 995. The minimum Gasteiger partial charge on any atom is -0.384 e. The molecule has 1 fully saturated rings. The molecule has 0 spiro atoms. The number of halogens is 2. The highest BCUT2D eigenvalue weighted by molar-refractivity contribution is 5.89. The molecule has 1 unspecified atom stereocenters. The Balaban J connectivity index is 1.72. The Morgan fingerprint density at radius 1 is 1.09 bits per heavy atom. The van der Waals surface area contributed by atoms with Crippen LogP contribution in [0.5, 0.6) is 0 Å². The summed E-state index contributed by atoms with van der Waals surface area (Å²) < 4.78 is 27.1. The third-order valence-electron chi connectivity index (χ3n) is 6.04. The van der Waals surface area contributed by atoms with Crippen molar-refractivity contribution in [1.82, 2.24) is 20.5 Å². The average molecular weight is 460 g/mol. The number of benzene rings is 1. The van der Waals surface area contributed by atoms with E-state index < -0.39 is 29.6 Å². The second-order valence-electron chi connectivity index (χ2n) is 8.48. The molecular weight excluding hydrogens is 428 g/mol. The monoisotopic (exact) mass is 459 g/mol. The number of nitrogens with two attached hydrogens (primary N) is 1. The SMILES string of the molecule is Cc1nc(N)ccc1CNC(=O)[C@H](Cc1ccc(F)c(F)c1)NC(=O)C(C)N1CCCCC1. The van der Waals surface area contributed by atoms with Gasteiger partial charge in [0.2, 0.25) is 11.8 Å². The van der Waals surface area contributed by atoms with Crippen molar-refractivity contribution in [3.05, 3.63) is 58.8 Å².